The fraction of sp³-hybridized carbons (Fsp3) is 0.143. The maximum absolute atomic E-state index is 8.80. The predicted octanol–water partition coefficient (Wildman–Crippen LogP) is -0.0940. The van der Waals surface area contributed by atoms with Crippen LogP contribution in [0.1, 0.15) is 0 Å². The number of ether oxygens (including phenoxy) is 1. The minimum atomic E-state index is 0. The van der Waals surface area contributed by atoms with E-state index in [0.717, 1.165) is 5.75 Å². The van der Waals surface area contributed by atoms with Gasteiger partial charge in [-0.3, -0.25) is 0 Å². The van der Waals surface area contributed by atoms with E-state index in [0.29, 0.717) is 0 Å². The molecule has 3 N–H and O–H groups in total. The quantitative estimate of drug-likeness (QED) is 0.513. The van der Waals surface area contributed by atoms with Gasteiger partial charge in [-0.1, -0.05) is 0 Å². The van der Waals surface area contributed by atoms with Crippen molar-refractivity contribution in [3.63, 3.8) is 0 Å². The minimum absolute atomic E-state index is 0. The van der Waals surface area contributed by atoms with E-state index in [1.807, 2.05) is 0 Å². The maximum Gasteiger partial charge on any atom is 0.482 e. The van der Waals surface area contributed by atoms with Gasteiger partial charge >= 0.3 is 7.69 Å². The molecule has 0 fully saturated rings. The molecule has 0 unspecified atom stereocenters. The molecular formula is C7H10BO4. The van der Waals surface area contributed by atoms with Crippen LogP contribution in [0.15, 0.2) is 24.3 Å². The van der Waals surface area contributed by atoms with Gasteiger partial charge in [-0.05, 0) is 24.3 Å². The van der Waals surface area contributed by atoms with Crippen molar-refractivity contribution in [1.29, 1.82) is 0 Å². The second-order valence-corrected chi connectivity index (χ2v) is 1.81. The first-order chi connectivity index (χ1) is 5.74. The Morgan fingerprint density at radius 1 is 1.17 bits per heavy atom. The molecule has 0 atom stereocenters. The zero-order valence-electron chi connectivity index (χ0n) is 6.64. The lowest BCUT2D eigenvalue weighted by molar-refractivity contribution is 0.412. The molecule has 1 radical (unpaired) electrons. The van der Waals surface area contributed by atoms with E-state index in [4.69, 9.17) is 19.9 Å². The third kappa shape index (κ3) is 4.59. The van der Waals surface area contributed by atoms with Gasteiger partial charge in [-0.2, -0.15) is 0 Å². The number of phenolic OH excluding ortho intramolecular Hbond substituents is 1. The van der Waals surface area contributed by atoms with Crippen LogP contribution in [0.2, 0.25) is 0 Å². The number of rotatable bonds is 1. The fourth-order valence-corrected chi connectivity index (χ4v) is 0.582. The molecule has 0 spiro atoms. The smallest absolute Gasteiger partial charge is 0.482 e. The van der Waals surface area contributed by atoms with Gasteiger partial charge < -0.3 is 19.9 Å². The predicted molar refractivity (Wildman–Crippen MR) is 44.9 cm³/mol. The Bertz CT molecular complexity index is 199. The van der Waals surface area contributed by atoms with Crippen molar-refractivity contribution in [3.8, 4) is 11.5 Å². The van der Waals surface area contributed by atoms with Crippen LogP contribution < -0.4 is 4.74 Å². The van der Waals surface area contributed by atoms with E-state index in [1.54, 1.807) is 31.4 Å². The first-order valence-corrected chi connectivity index (χ1v) is 3.17. The molecule has 65 valence electrons. The van der Waals surface area contributed by atoms with E-state index in [-0.39, 0.29) is 13.4 Å². The molecular weight excluding hydrogens is 159 g/mol. The molecule has 1 aromatic rings. The average molecular weight is 169 g/mol. The van der Waals surface area contributed by atoms with Crippen LogP contribution in [0.25, 0.3) is 0 Å². The molecule has 0 saturated heterocycles. The largest absolute Gasteiger partial charge is 0.508 e. The lowest BCUT2D eigenvalue weighted by atomic mass is 10.3. The van der Waals surface area contributed by atoms with Gasteiger partial charge in [0.05, 0.1) is 7.11 Å². The van der Waals surface area contributed by atoms with Gasteiger partial charge in [-0.25, -0.2) is 0 Å². The summed E-state index contributed by atoms with van der Waals surface area (Å²) in [4.78, 5) is 0. The average Bonchev–Trinajstić information content (AvgIpc) is 2.07. The highest BCUT2D eigenvalue weighted by molar-refractivity contribution is 6.13. The summed E-state index contributed by atoms with van der Waals surface area (Å²) in [6, 6.07) is 6.57. The SMILES string of the molecule is COc1ccc(O)cc1.O[B]O. The van der Waals surface area contributed by atoms with Gasteiger partial charge in [0.1, 0.15) is 11.5 Å². The van der Waals surface area contributed by atoms with Crippen molar-refractivity contribution in [2.45, 2.75) is 0 Å². The highest BCUT2D eigenvalue weighted by Crippen LogP contribution is 2.14. The van der Waals surface area contributed by atoms with Crippen LogP contribution in [0, 0.1) is 0 Å². The molecule has 0 aliphatic carbocycles. The van der Waals surface area contributed by atoms with Gasteiger partial charge in [-0.15, -0.1) is 0 Å². The second-order valence-electron chi connectivity index (χ2n) is 1.81. The van der Waals surface area contributed by atoms with E-state index in [1.165, 1.54) is 0 Å². The van der Waals surface area contributed by atoms with Crippen LogP contribution in [0.5, 0.6) is 11.5 Å². The molecule has 0 heterocycles. The zero-order chi connectivity index (χ0) is 9.40. The van der Waals surface area contributed by atoms with Crippen LogP contribution in [0.4, 0.5) is 0 Å². The molecule has 4 nitrogen and oxygen atoms in total. The molecule has 0 aliphatic heterocycles. The third-order valence-electron chi connectivity index (χ3n) is 1.07. The lowest BCUT2D eigenvalue weighted by Gasteiger charge is -1.96. The van der Waals surface area contributed by atoms with Crippen molar-refractivity contribution in [2.75, 3.05) is 7.11 Å². The number of hydrogen-bond acceptors (Lipinski definition) is 4. The van der Waals surface area contributed by atoms with E-state index < -0.39 is 0 Å². The zero-order valence-corrected chi connectivity index (χ0v) is 6.64. The molecule has 0 aliphatic rings. The van der Waals surface area contributed by atoms with Crippen molar-refractivity contribution in [1.82, 2.24) is 0 Å². The van der Waals surface area contributed by atoms with Crippen molar-refractivity contribution in [2.24, 2.45) is 0 Å². The monoisotopic (exact) mass is 169 g/mol. The van der Waals surface area contributed by atoms with Crippen LogP contribution >= 0.6 is 0 Å². The van der Waals surface area contributed by atoms with Crippen LogP contribution in [-0.2, 0) is 0 Å². The number of aromatic hydroxyl groups is 1. The number of phenols is 1. The van der Waals surface area contributed by atoms with E-state index in [2.05, 4.69) is 0 Å². The fourth-order valence-electron chi connectivity index (χ4n) is 0.582. The van der Waals surface area contributed by atoms with Crippen molar-refractivity contribution < 1.29 is 19.9 Å². The molecule has 1 aromatic carbocycles. The Kier molecular flexibility index (Phi) is 5.86. The molecule has 0 amide bonds. The summed E-state index contributed by atoms with van der Waals surface area (Å²) in [6.07, 6.45) is 0. The molecule has 5 heteroatoms. The van der Waals surface area contributed by atoms with Crippen LogP contribution in [0.3, 0.4) is 0 Å². The molecule has 0 bridgehead atoms. The van der Waals surface area contributed by atoms with E-state index >= 15 is 0 Å². The number of benzene rings is 1. The Balaban J connectivity index is 0.000000354. The summed E-state index contributed by atoms with van der Waals surface area (Å²) in [6.45, 7) is 0. The summed E-state index contributed by atoms with van der Waals surface area (Å²) in [5.41, 5.74) is 0. The highest BCUT2D eigenvalue weighted by Gasteiger charge is 1.87. The summed E-state index contributed by atoms with van der Waals surface area (Å²) >= 11 is 0. The minimum Gasteiger partial charge on any atom is -0.508 e. The summed E-state index contributed by atoms with van der Waals surface area (Å²) < 4.78 is 4.86. The van der Waals surface area contributed by atoms with Gasteiger partial charge in [0.2, 0.25) is 0 Å². The van der Waals surface area contributed by atoms with E-state index in [9.17, 15) is 0 Å². The molecule has 12 heavy (non-hydrogen) atoms. The summed E-state index contributed by atoms with van der Waals surface area (Å²) in [5, 5.41) is 22.8. The Labute approximate surface area is 71.4 Å². The molecule has 1 rings (SSSR count). The standard InChI is InChI=1S/C7H8O2.BH2O2/c1-9-7-4-2-6(8)3-5-7;2-1-3/h2-5,8H,1H3;2-3H. The second kappa shape index (κ2) is 6.51. The topological polar surface area (TPSA) is 69.9 Å². The Hall–Kier alpha value is -1.20. The first-order valence-electron chi connectivity index (χ1n) is 3.17. The summed E-state index contributed by atoms with van der Waals surface area (Å²) in [5.74, 6) is 1.02. The maximum atomic E-state index is 8.80. The number of hydrogen-bond donors (Lipinski definition) is 3. The molecule has 0 aromatic heterocycles. The molecule has 0 saturated carbocycles. The lowest BCUT2D eigenvalue weighted by Crippen LogP contribution is -1.79. The Morgan fingerprint density at radius 2 is 1.58 bits per heavy atom. The number of methoxy groups -OCH3 is 1. The van der Waals surface area contributed by atoms with Gasteiger partial charge in [0.25, 0.3) is 0 Å². The first kappa shape index (κ1) is 10.8. The summed E-state index contributed by atoms with van der Waals surface area (Å²) in [7, 11) is 1.59. The third-order valence-corrected chi connectivity index (χ3v) is 1.07. The van der Waals surface area contributed by atoms with Gasteiger partial charge in [0, 0.05) is 0 Å². The normalized spacial score (nSPS) is 7.92. The van der Waals surface area contributed by atoms with Crippen molar-refractivity contribution in [3.05, 3.63) is 24.3 Å². The highest BCUT2D eigenvalue weighted by atomic mass is 16.5. The Morgan fingerprint density at radius 3 is 1.92 bits per heavy atom. The van der Waals surface area contributed by atoms with Crippen LogP contribution in [-0.4, -0.2) is 29.9 Å². The van der Waals surface area contributed by atoms with Crippen molar-refractivity contribution >= 4 is 7.69 Å². The van der Waals surface area contributed by atoms with Gasteiger partial charge in [0.15, 0.2) is 0 Å².